The van der Waals surface area contributed by atoms with E-state index in [2.05, 4.69) is 15.7 Å². The SMILES string of the molecule is C[C@@H](CNC(=O)NCc1cc(C#N)ccc1F)Cn1cccn1. The van der Waals surface area contributed by atoms with Gasteiger partial charge < -0.3 is 10.6 Å². The summed E-state index contributed by atoms with van der Waals surface area (Å²) in [5.41, 5.74) is 0.639. The highest BCUT2D eigenvalue weighted by molar-refractivity contribution is 5.73. The van der Waals surface area contributed by atoms with Crippen LogP contribution in [0.2, 0.25) is 0 Å². The lowest BCUT2D eigenvalue weighted by Gasteiger charge is -2.13. The van der Waals surface area contributed by atoms with E-state index < -0.39 is 5.82 Å². The van der Waals surface area contributed by atoms with Crippen LogP contribution in [0.5, 0.6) is 0 Å². The lowest BCUT2D eigenvalue weighted by molar-refractivity contribution is 0.238. The molecule has 0 saturated heterocycles. The first-order valence-electron chi connectivity index (χ1n) is 7.26. The predicted octanol–water partition coefficient (Wildman–Crippen LogP) is 2.03. The molecule has 0 aliphatic heterocycles. The van der Waals surface area contributed by atoms with Crippen molar-refractivity contribution in [2.24, 2.45) is 5.92 Å². The molecule has 2 rings (SSSR count). The van der Waals surface area contributed by atoms with Gasteiger partial charge in [0.25, 0.3) is 0 Å². The van der Waals surface area contributed by atoms with Gasteiger partial charge >= 0.3 is 6.03 Å². The number of carbonyl (C=O) groups excluding carboxylic acids is 1. The molecule has 0 bridgehead atoms. The Bertz CT molecular complexity index is 693. The Hall–Kier alpha value is -2.88. The third-order valence-corrected chi connectivity index (χ3v) is 3.28. The minimum absolute atomic E-state index is 0.0285. The number of nitrogens with zero attached hydrogens (tertiary/aromatic N) is 3. The first-order chi connectivity index (χ1) is 11.1. The molecule has 0 spiro atoms. The maximum Gasteiger partial charge on any atom is 0.315 e. The highest BCUT2D eigenvalue weighted by Crippen LogP contribution is 2.09. The van der Waals surface area contributed by atoms with Gasteiger partial charge in [-0.2, -0.15) is 10.4 Å². The Morgan fingerprint density at radius 3 is 3.00 bits per heavy atom. The van der Waals surface area contributed by atoms with Gasteiger partial charge in [0.2, 0.25) is 0 Å². The highest BCUT2D eigenvalue weighted by atomic mass is 19.1. The number of rotatable bonds is 6. The molecular formula is C16H18FN5O. The summed E-state index contributed by atoms with van der Waals surface area (Å²) < 4.78 is 15.4. The van der Waals surface area contributed by atoms with Crippen LogP contribution in [0.1, 0.15) is 18.1 Å². The molecule has 0 unspecified atom stereocenters. The fourth-order valence-electron chi connectivity index (χ4n) is 2.08. The summed E-state index contributed by atoms with van der Waals surface area (Å²) in [4.78, 5) is 11.8. The molecule has 2 aromatic rings. The molecule has 0 aliphatic rings. The fourth-order valence-corrected chi connectivity index (χ4v) is 2.08. The van der Waals surface area contributed by atoms with Crippen LogP contribution in [0.3, 0.4) is 0 Å². The zero-order chi connectivity index (χ0) is 16.7. The number of amides is 2. The van der Waals surface area contributed by atoms with Crippen molar-refractivity contribution in [1.82, 2.24) is 20.4 Å². The average molecular weight is 315 g/mol. The van der Waals surface area contributed by atoms with E-state index >= 15 is 0 Å². The van der Waals surface area contributed by atoms with Gasteiger partial charge in [-0.3, -0.25) is 4.68 Å². The summed E-state index contributed by atoms with van der Waals surface area (Å²) in [5.74, 6) is -0.240. The van der Waals surface area contributed by atoms with Crippen LogP contribution in [-0.4, -0.2) is 22.4 Å². The van der Waals surface area contributed by atoms with Crippen LogP contribution in [-0.2, 0) is 13.1 Å². The van der Waals surface area contributed by atoms with E-state index in [1.165, 1.54) is 18.2 Å². The van der Waals surface area contributed by atoms with E-state index in [1.807, 2.05) is 25.3 Å². The van der Waals surface area contributed by atoms with Crippen molar-refractivity contribution in [3.05, 3.63) is 53.6 Å². The average Bonchev–Trinajstić information content (AvgIpc) is 3.05. The van der Waals surface area contributed by atoms with E-state index in [-0.39, 0.29) is 24.1 Å². The van der Waals surface area contributed by atoms with Crippen LogP contribution in [0.25, 0.3) is 0 Å². The molecule has 6 nitrogen and oxygen atoms in total. The van der Waals surface area contributed by atoms with Crippen LogP contribution >= 0.6 is 0 Å². The second-order valence-corrected chi connectivity index (χ2v) is 5.31. The molecule has 23 heavy (non-hydrogen) atoms. The third kappa shape index (κ3) is 5.11. The van der Waals surface area contributed by atoms with Crippen LogP contribution in [0, 0.1) is 23.1 Å². The van der Waals surface area contributed by atoms with E-state index in [4.69, 9.17) is 5.26 Å². The van der Waals surface area contributed by atoms with Crippen molar-refractivity contribution in [3.63, 3.8) is 0 Å². The molecule has 1 atom stereocenters. The maximum atomic E-state index is 13.6. The molecular weight excluding hydrogens is 297 g/mol. The highest BCUT2D eigenvalue weighted by Gasteiger charge is 2.08. The van der Waals surface area contributed by atoms with Crippen LogP contribution < -0.4 is 10.6 Å². The number of halogens is 1. The second kappa shape index (κ2) is 7.94. The zero-order valence-corrected chi connectivity index (χ0v) is 12.8. The first-order valence-corrected chi connectivity index (χ1v) is 7.26. The number of nitrogens with one attached hydrogen (secondary N) is 2. The summed E-state index contributed by atoms with van der Waals surface area (Å²) in [6.07, 6.45) is 3.57. The predicted molar refractivity (Wildman–Crippen MR) is 82.7 cm³/mol. The van der Waals surface area contributed by atoms with E-state index in [1.54, 1.807) is 10.9 Å². The van der Waals surface area contributed by atoms with Crippen LogP contribution in [0.15, 0.2) is 36.7 Å². The van der Waals surface area contributed by atoms with E-state index in [0.29, 0.717) is 18.7 Å². The minimum atomic E-state index is -0.448. The summed E-state index contributed by atoms with van der Waals surface area (Å²) >= 11 is 0. The monoisotopic (exact) mass is 315 g/mol. The largest absolute Gasteiger partial charge is 0.338 e. The number of nitriles is 1. The molecule has 1 aromatic carbocycles. The van der Waals surface area contributed by atoms with Crippen molar-refractivity contribution < 1.29 is 9.18 Å². The maximum absolute atomic E-state index is 13.6. The summed E-state index contributed by atoms with van der Waals surface area (Å²) in [6.45, 7) is 3.21. The quantitative estimate of drug-likeness (QED) is 0.855. The Balaban J connectivity index is 1.76. The number of urea groups is 1. The lowest BCUT2D eigenvalue weighted by Crippen LogP contribution is -2.38. The first kappa shape index (κ1) is 16.5. The number of carbonyl (C=O) groups is 1. The third-order valence-electron chi connectivity index (χ3n) is 3.28. The molecule has 0 radical (unpaired) electrons. The molecule has 2 amide bonds. The molecule has 1 heterocycles. The number of hydrogen-bond acceptors (Lipinski definition) is 3. The molecule has 2 N–H and O–H groups in total. The van der Waals surface area contributed by atoms with Gasteiger partial charge in [-0.15, -0.1) is 0 Å². The second-order valence-electron chi connectivity index (χ2n) is 5.31. The van der Waals surface area contributed by atoms with Gasteiger partial charge in [-0.25, -0.2) is 9.18 Å². The molecule has 120 valence electrons. The molecule has 0 aliphatic carbocycles. The van der Waals surface area contributed by atoms with Gasteiger partial charge in [0.15, 0.2) is 0 Å². The standard InChI is InChI=1S/C16H18FN5O/c1-12(11-22-6-2-5-21-22)9-19-16(23)20-10-14-7-13(8-18)3-4-15(14)17/h2-7,12H,9-11H2,1H3,(H2,19,20,23)/t12-/m0/s1. The van der Waals surface area contributed by atoms with Crippen LogP contribution in [0.4, 0.5) is 9.18 Å². The van der Waals surface area contributed by atoms with Crippen molar-refractivity contribution in [1.29, 1.82) is 5.26 Å². The Kier molecular flexibility index (Phi) is 5.69. The molecule has 7 heteroatoms. The topological polar surface area (TPSA) is 82.7 Å². The summed E-state index contributed by atoms with van der Waals surface area (Å²) in [7, 11) is 0. The van der Waals surface area contributed by atoms with Crippen molar-refractivity contribution in [2.75, 3.05) is 6.54 Å². The Morgan fingerprint density at radius 1 is 1.48 bits per heavy atom. The lowest BCUT2D eigenvalue weighted by atomic mass is 10.1. The minimum Gasteiger partial charge on any atom is -0.338 e. The van der Waals surface area contributed by atoms with Crippen molar-refractivity contribution in [2.45, 2.75) is 20.0 Å². The normalized spacial score (nSPS) is 11.5. The van der Waals surface area contributed by atoms with Gasteiger partial charge in [-0.1, -0.05) is 6.92 Å². The van der Waals surface area contributed by atoms with Gasteiger partial charge in [-0.05, 0) is 30.2 Å². The van der Waals surface area contributed by atoms with Gasteiger partial charge in [0, 0.05) is 37.6 Å². The number of benzene rings is 1. The van der Waals surface area contributed by atoms with Gasteiger partial charge in [0.1, 0.15) is 5.82 Å². The molecule has 0 fully saturated rings. The molecule has 0 saturated carbocycles. The summed E-state index contributed by atoms with van der Waals surface area (Å²) in [5, 5.41) is 18.2. The smallest absolute Gasteiger partial charge is 0.315 e. The van der Waals surface area contributed by atoms with Gasteiger partial charge in [0.05, 0.1) is 11.6 Å². The Morgan fingerprint density at radius 2 is 2.30 bits per heavy atom. The van der Waals surface area contributed by atoms with Crippen molar-refractivity contribution >= 4 is 6.03 Å². The number of hydrogen-bond donors (Lipinski definition) is 2. The zero-order valence-electron chi connectivity index (χ0n) is 12.8. The fraction of sp³-hybridized carbons (Fsp3) is 0.312. The Labute approximate surface area is 133 Å². The number of aromatic nitrogens is 2. The molecule has 1 aromatic heterocycles. The van der Waals surface area contributed by atoms with Crippen molar-refractivity contribution in [3.8, 4) is 6.07 Å². The van der Waals surface area contributed by atoms with E-state index in [9.17, 15) is 9.18 Å². The summed E-state index contributed by atoms with van der Waals surface area (Å²) in [6, 6.07) is 7.46. The van der Waals surface area contributed by atoms with E-state index in [0.717, 1.165) is 0 Å².